The third kappa shape index (κ3) is 2.33. The van der Waals surface area contributed by atoms with E-state index in [1.807, 2.05) is 6.07 Å². The summed E-state index contributed by atoms with van der Waals surface area (Å²) in [4.78, 5) is 21.1. The van der Waals surface area contributed by atoms with Crippen molar-refractivity contribution in [3.63, 3.8) is 0 Å². The average molecular weight is 352 g/mol. The summed E-state index contributed by atoms with van der Waals surface area (Å²) in [6.07, 6.45) is 7.11. The molecular weight excluding hydrogens is 335 g/mol. The summed E-state index contributed by atoms with van der Waals surface area (Å²) in [6.45, 7) is 0. The van der Waals surface area contributed by atoms with Crippen LogP contribution in [0.5, 0.6) is 0 Å². The predicted molar refractivity (Wildman–Crippen MR) is 96.4 cm³/mol. The molecule has 2 aliphatic carbocycles. The summed E-state index contributed by atoms with van der Waals surface area (Å²) in [5.41, 5.74) is 3.06. The smallest absolute Gasteiger partial charge is 0.150 e. The quantitative estimate of drug-likeness (QED) is 0.611. The topological polar surface area (TPSA) is 42.9 Å². The molecule has 0 bridgehead atoms. The van der Waals surface area contributed by atoms with Gasteiger partial charge in [-0.1, -0.05) is 23.8 Å². The van der Waals surface area contributed by atoms with E-state index in [1.165, 1.54) is 55.2 Å². The van der Waals surface area contributed by atoms with Gasteiger partial charge in [0.05, 0.1) is 0 Å². The van der Waals surface area contributed by atoms with Crippen molar-refractivity contribution in [2.24, 2.45) is 5.92 Å². The first-order valence-electron chi connectivity index (χ1n) is 8.73. The van der Waals surface area contributed by atoms with Crippen molar-refractivity contribution >= 4 is 28.0 Å². The Balaban J connectivity index is 1.55. The molecule has 0 radical (unpaired) electrons. The SMILES string of the molecule is O=Cc1ccc(-c2nc3ccc(C4(C5CCC5)CC4)nc3s2)c(F)c1. The molecule has 2 aromatic heterocycles. The first-order valence-corrected chi connectivity index (χ1v) is 9.54. The third-order valence-corrected chi connectivity index (χ3v) is 6.80. The van der Waals surface area contributed by atoms with Crippen molar-refractivity contribution in [3.8, 4) is 10.6 Å². The Bertz CT molecular complexity index is 989. The van der Waals surface area contributed by atoms with Crippen molar-refractivity contribution < 1.29 is 9.18 Å². The molecule has 5 heteroatoms. The number of hydrogen-bond donors (Lipinski definition) is 0. The van der Waals surface area contributed by atoms with E-state index in [9.17, 15) is 9.18 Å². The van der Waals surface area contributed by atoms with Crippen LogP contribution in [0.25, 0.3) is 20.9 Å². The van der Waals surface area contributed by atoms with Gasteiger partial charge in [0.25, 0.3) is 0 Å². The highest BCUT2D eigenvalue weighted by Gasteiger charge is 2.53. The molecular formula is C20H17FN2OS. The normalized spacial score (nSPS) is 18.9. The van der Waals surface area contributed by atoms with Crippen LogP contribution in [0.1, 0.15) is 48.2 Å². The molecule has 3 nitrogen and oxygen atoms in total. The van der Waals surface area contributed by atoms with Crippen LogP contribution in [0.2, 0.25) is 0 Å². The van der Waals surface area contributed by atoms with E-state index < -0.39 is 5.82 Å². The van der Waals surface area contributed by atoms with Crippen LogP contribution in [0.3, 0.4) is 0 Å². The number of benzene rings is 1. The van der Waals surface area contributed by atoms with Gasteiger partial charge < -0.3 is 0 Å². The highest BCUT2D eigenvalue weighted by molar-refractivity contribution is 7.21. The fraction of sp³-hybridized carbons (Fsp3) is 0.350. The molecule has 0 aliphatic heterocycles. The third-order valence-electron chi connectivity index (χ3n) is 5.80. The molecule has 3 aromatic rings. The minimum absolute atomic E-state index is 0.299. The lowest BCUT2D eigenvalue weighted by atomic mass is 9.72. The van der Waals surface area contributed by atoms with E-state index in [-0.39, 0.29) is 0 Å². The van der Waals surface area contributed by atoms with Crippen LogP contribution in [-0.4, -0.2) is 16.3 Å². The highest BCUT2D eigenvalue weighted by atomic mass is 32.1. The second-order valence-corrected chi connectivity index (χ2v) is 8.16. The molecule has 2 heterocycles. The van der Waals surface area contributed by atoms with Gasteiger partial charge in [-0.05, 0) is 55.9 Å². The largest absolute Gasteiger partial charge is 0.298 e. The van der Waals surface area contributed by atoms with Crippen molar-refractivity contribution in [1.29, 1.82) is 0 Å². The maximum absolute atomic E-state index is 14.3. The van der Waals surface area contributed by atoms with Gasteiger partial charge in [0.2, 0.25) is 0 Å². The number of pyridine rings is 1. The maximum atomic E-state index is 14.3. The fourth-order valence-corrected chi connectivity index (χ4v) is 4.92. The zero-order valence-corrected chi connectivity index (χ0v) is 14.5. The van der Waals surface area contributed by atoms with Crippen molar-refractivity contribution in [2.75, 3.05) is 0 Å². The predicted octanol–water partition coefficient (Wildman–Crippen LogP) is 5.14. The lowest BCUT2D eigenvalue weighted by Gasteiger charge is -2.33. The standard InChI is InChI=1S/C20H17FN2OS/c21-15-10-12(11-24)4-5-14(15)18-22-16-6-7-17(23-19(16)25-18)20(8-9-20)13-2-1-3-13/h4-7,10-11,13H,1-3,8-9H2. The second kappa shape index (κ2) is 5.43. The highest BCUT2D eigenvalue weighted by Crippen LogP contribution is 2.59. The van der Waals surface area contributed by atoms with E-state index in [0.29, 0.717) is 27.8 Å². The van der Waals surface area contributed by atoms with E-state index in [4.69, 9.17) is 4.98 Å². The molecule has 0 spiro atoms. The van der Waals surface area contributed by atoms with Crippen molar-refractivity contribution in [3.05, 3.63) is 47.4 Å². The van der Waals surface area contributed by atoms with Gasteiger partial charge in [0.15, 0.2) is 0 Å². The molecule has 2 fully saturated rings. The van der Waals surface area contributed by atoms with Crippen LogP contribution in [0, 0.1) is 11.7 Å². The molecule has 2 aliphatic rings. The summed E-state index contributed by atoms with van der Waals surface area (Å²) in [7, 11) is 0. The number of halogens is 1. The van der Waals surface area contributed by atoms with Crippen LogP contribution in [0.15, 0.2) is 30.3 Å². The molecule has 126 valence electrons. The molecule has 25 heavy (non-hydrogen) atoms. The molecule has 0 unspecified atom stereocenters. The molecule has 0 saturated heterocycles. The molecule has 0 amide bonds. The number of rotatable bonds is 4. The van der Waals surface area contributed by atoms with Crippen LogP contribution in [-0.2, 0) is 5.41 Å². The summed E-state index contributed by atoms with van der Waals surface area (Å²) in [5, 5.41) is 0.614. The number of nitrogens with zero attached hydrogens (tertiary/aromatic N) is 2. The second-order valence-electron chi connectivity index (χ2n) is 7.18. The van der Waals surface area contributed by atoms with E-state index in [0.717, 1.165) is 16.3 Å². The van der Waals surface area contributed by atoms with Gasteiger partial charge in [-0.2, -0.15) is 0 Å². The summed E-state index contributed by atoms with van der Waals surface area (Å²) < 4.78 is 14.3. The minimum atomic E-state index is -0.419. The molecule has 0 N–H and O–H groups in total. The zero-order chi connectivity index (χ0) is 17.0. The average Bonchev–Trinajstić information content (AvgIpc) is 3.24. The van der Waals surface area contributed by atoms with E-state index in [1.54, 1.807) is 12.1 Å². The number of thiazole rings is 1. The Morgan fingerprint density at radius 2 is 2.00 bits per heavy atom. The van der Waals surface area contributed by atoms with Gasteiger partial charge in [-0.25, -0.2) is 14.4 Å². The summed E-state index contributed by atoms with van der Waals surface area (Å²) >= 11 is 1.42. The van der Waals surface area contributed by atoms with Crippen molar-refractivity contribution in [1.82, 2.24) is 9.97 Å². The number of aldehydes is 1. The Kier molecular flexibility index (Phi) is 3.29. The Morgan fingerprint density at radius 3 is 2.64 bits per heavy atom. The Labute approximate surface area is 148 Å². The molecule has 2 saturated carbocycles. The number of fused-ring (bicyclic) bond motifs is 1. The summed E-state index contributed by atoms with van der Waals surface area (Å²) in [6, 6.07) is 8.63. The zero-order valence-electron chi connectivity index (χ0n) is 13.7. The van der Waals surface area contributed by atoms with Gasteiger partial charge >= 0.3 is 0 Å². The van der Waals surface area contributed by atoms with Gasteiger partial charge in [0.1, 0.15) is 27.5 Å². The van der Waals surface area contributed by atoms with Crippen molar-refractivity contribution in [2.45, 2.75) is 37.5 Å². The van der Waals surface area contributed by atoms with Crippen LogP contribution in [0.4, 0.5) is 4.39 Å². The number of carbonyl (C=O) groups is 1. The number of aromatic nitrogens is 2. The first-order chi connectivity index (χ1) is 12.2. The number of hydrogen-bond acceptors (Lipinski definition) is 4. The molecule has 5 rings (SSSR count). The summed E-state index contributed by atoms with van der Waals surface area (Å²) in [5.74, 6) is 0.371. The molecule has 1 aromatic carbocycles. The lowest BCUT2D eigenvalue weighted by molar-refractivity contribution is 0.112. The minimum Gasteiger partial charge on any atom is -0.298 e. The number of carbonyl (C=O) groups excluding carboxylic acids is 1. The van der Waals surface area contributed by atoms with Crippen LogP contribution < -0.4 is 0 Å². The monoisotopic (exact) mass is 352 g/mol. The van der Waals surface area contributed by atoms with Crippen LogP contribution >= 0.6 is 11.3 Å². The lowest BCUT2D eigenvalue weighted by Crippen LogP contribution is -2.27. The van der Waals surface area contributed by atoms with Gasteiger partial charge in [0, 0.05) is 22.2 Å². The molecule has 0 atom stereocenters. The van der Waals surface area contributed by atoms with Gasteiger partial charge in [-0.3, -0.25) is 4.79 Å². The van der Waals surface area contributed by atoms with Gasteiger partial charge in [-0.15, -0.1) is 0 Å². The fourth-order valence-electron chi connectivity index (χ4n) is 3.96. The Hall–Kier alpha value is -2.14. The Morgan fingerprint density at radius 1 is 1.16 bits per heavy atom. The van der Waals surface area contributed by atoms with E-state index in [2.05, 4.69) is 11.1 Å². The first kappa shape index (κ1) is 15.1. The van der Waals surface area contributed by atoms with E-state index >= 15 is 0 Å². The maximum Gasteiger partial charge on any atom is 0.150 e.